The van der Waals surface area contributed by atoms with Crippen LogP contribution in [-0.2, 0) is 10.3 Å². The minimum atomic E-state index is -0.439. The van der Waals surface area contributed by atoms with Crippen molar-refractivity contribution in [1.29, 1.82) is 0 Å². The summed E-state index contributed by atoms with van der Waals surface area (Å²) in [6, 6.07) is 5.79. The number of ether oxygens (including phenoxy) is 1. The van der Waals surface area contributed by atoms with E-state index in [2.05, 4.69) is 13.8 Å². The number of nitrogens with zero attached hydrogens (tertiary/aromatic N) is 1. The van der Waals surface area contributed by atoms with Crippen LogP contribution in [-0.4, -0.2) is 13.0 Å². The molecular formula is C17H17NO2S3. The number of anilines is 1. The first-order valence-corrected chi connectivity index (χ1v) is 9.76. The summed E-state index contributed by atoms with van der Waals surface area (Å²) in [6.45, 7) is 5.99. The molecule has 0 radical (unpaired) electrons. The third-order valence-corrected chi connectivity index (χ3v) is 7.32. The second-order valence-electron chi connectivity index (χ2n) is 5.77. The molecule has 0 fully saturated rings. The Morgan fingerprint density at radius 2 is 2.09 bits per heavy atom. The molecule has 0 saturated heterocycles. The second kappa shape index (κ2) is 5.85. The number of hydrogen-bond acceptors (Lipinski definition) is 5. The van der Waals surface area contributed by atoms with Gasteiger partial charge in [0.05, 0.1) is 23.2 Å². The third kappa shape index (κ3) is 2.45. The van der Waals surface area contributed by atoms with Crippen LogP contribution in [0.3, 0.4) is 0 Å². The molecule has 0 atom stereocenters. The Morgan fingerprint density at radius 1 is 1.35 bits per heavy atom. The fourth-order valence-electron chi connectivity index (χ4n) is 2.95. The number of hydrogen-bond donors (Lipinski definition) is 0. The van der Waals surface area contributed by atoms with Gasteiger partial charge in [0, 0.05) is 11.1 Å². The number of benzene rings is 1. The number of rotatable bonds is 2. The van der Waals surface area contributed by atoms with Crippen molar-refractivity contribution in [2.45, 2.75) is 26.3 Å². The zero-order valence-corrected chi connectivity index (χ0v) is 15.8. The highest BCUT2D eigenvalue weighted by molar-refractivity contribution is 7.80. The molecule has 2 aromatic rings. The van der Waals surface area contributed by atoms with E-state index >= 15 is 0 Å². The SMILES string of the molecule is C/C=C/C(=O)N1c2ccc(OC)cc2-c2c(ssc2=S)C1(C)C. The van der Waals surface area contributed by atoms with E-state index in [1.54, 1.807) is 39.9 Å². The van der Waals surface area contributed by atoms with Crippen LogP contribution in [0, 0.1) is 3.82 Å². The second-order valence-corrected chi connectivity index (χ2v) is 8.59. The Balaban J connectivity index is 2.35. The molecule has 6 heteroatoms. The lowest BCUT2D eigenvalue weighted by Gasteiger charge is -2.42. The van der Waals surface area contributed by atoms with Crippen molar-refractivity contribution in [1.82, 2.24) is 0 Å². The van der Waals surface area contributed by atoms with Crippen LogP contribution in [0.5, 0.6) is 5.75 Å². The first-order valence-electron chi connectivity index (χ1n) is 7.20. The standard InChI is InChI=1S/C17H17NO2S3/c1-5-6-13(19)18-12-8-7-10(20-4)9-11(12)14-15(17(18,2)3)22-23-16(14)21/h5-9H,1-4H3/b6-5+. The monoisotopic (exact) mass is 363 g/mol. The van der Waals surface area contributed by atoms with Crippen molar-refractivity contribution in [2.24, 2.45) is 0 Å². The van der Waals surface area contributed by atoms with Gasteiger partial charge in [-0.3, -0.25) is 9.69 Å². The molecule has 23 heavy (non-hydrogen) atoms. The van der Waals surface area contributed by atoms with Crippen molar-refractivity contribution in [3.8, 4) is 16.9 Å². The molecule has 3 nitrogen and oxygen atoms in total. The van der Waals surface area contributed by atoms with Crippen LogP contribution in [0.25, 0.3) is 11.1 Å². The van der Waals surface area contributed by atoms with Gasteiger partial charge in [-0.2, -0.15) is 0 Å². The molecule has 2 heterocycles. The zero-order chi connectivity index (χ0) is 16.8. The van der Waals surface area contributed by atoms with Crippen molar-refractivity contribution >= 4 is 44.5 Å². The lowest BCUT2D eigenvalue weighted by Crippen LogP contribution is -2.47. The van der Waals surface area contributed by atoms with Crippen molar-refractivity contribution in [3.05, 3.63) is 39.1 Å². The van der Waals surface area contributed by atoms with Gasteiger partial charge in [-0.1, -0.05) is 39.0 Å². The van der Waals surface area contributed by atoms with Gasteiger partial charge in [0.15, 0.2) is 0 Å². The molecule has 0 saturated carbocycles. The molecule has 1 aromatic carbocycles. The fourth-order valence-corrected chi connectivity index (χ4v) is 6.23. The molecule has 0 spiro atoms. The highest BCUT2D eigenvalue weighted by Crippen LogP contribution is 2.52. The van der Waals surface area contributed by atoms with E-state index in [0.29, 0.717) is 0 Å². The summed E-state index contributed by atoms with van der Waals surface area (Å²) < 4.78 is 6.23. The summed E-state index contributed by atoms with van der Waals surface area (Å²) in [4.78, 5) is 15.7. The lowest BCUT2D eigenvalue weighted by molar-refractivity contribution is -0.115. The smallest absolute Gasteiger partial charge is 0.251 e. The van der Waals surface area contributed by atoms with Crippen molar-refractivity contribution in [2.75, 3.05) is 12.0 Å². The normalized spacial score (nSPS) is 15.4. The van der Waals surface area contributed by atoms with E-state index in [1.807, 2.05) is 30.0 Å². The summed E-state index contributed by atoms with van der Waals surface area (Å²) >= 11 is 5.56. The Labute approximate surface area is 148 Å². The van der Waals surface area contributed by atoms with Crippen molar-refractivity contribution < 1.29 is 9.53 Å². The molecule has 0 unspecified atom stereocenters. The predicted octanol–water partition coefficient (Wildman–Crippen LogP) is 5.37. The average Bonchev–Trinajstić information content (AvgIpc) is 2.90. The number of carbonyl (C=O) groups is 1. The lowest BCUT2D eigenvalue weighted by atomic mass is 9.87. The highest BCUT2D eigenvalue weighted by Gasteiger charge is 2.42. The van der Waals surface area contributed by atoms with Gasteiger partial charge < -0.3 is 4.74 Å². The van der Waals surface area contributed by atoms with E-state index in [0.717, 1.165) is 31.3 Å². The maximum atomic E-state index is 12.7. The highest BCUT2D eigenvalue weighted by atomic mass is 32.9. The first-order chi connectivity index (χ1) is 10.9. The maximum Gasteiger partial charge on any atom is 0.251 e. The molecule has 1 aromatic heterocycles. The molecule has 0 N–H and O–H groups in total. The average molecular weight is 364 g/mol. The van der Waals surface area contributed by atoms with Crippen LogP contribution in [0.15, 0.2) is 30.4 Å². The fraction of sp³-hybridized carbons (Fsp3) is 0.294. The van der Waals surface area contributed by atoms with Gasteiger partial charge in [0.2, 0.25) is 0 Å². The van der Waals surface area contributed by atoms with Gasteiger partial charge in [-0.15, -0.1) is 0 Å². The minimum Gasteiger partial charge on any atom is -0.497 e. The number of methoxy groups -OCH3 is 1. The third-order valence-electron chi connectivity index (χ3n) is 3.99. The van der Waals surface area contributed by atoms with E-state index in [1.165, 1.54) is 0 Å². The van der Waals surface area contributed by atoms with Gasteiger partial charge >= 0.3 is 0 Å². The quantitative estimate of drug-likeness (QED) is 0.408. The summed E-state index contributed by atoms with van der Waals surface area (Å²) in [6.07, 6.45) is 3.37. The van der Waals surface area contributed by atoms with Crippen molar-refractivity contribution in [3.63, 3.8) is 0 Å². The zero-order valence-electron chi connectivity index (χ0n) is 13.4. The van der Waals surface area contributed by atoms with Crippen LogP contribution < -0.4 is 9.64 Å². The molecule has 3 rings (SSSR count). The molecule has 1 aliphatic rings. The number of fused-ring (bicyclic) bond motifs is 3. The Hall–Kier alpha value is -1.50. The van der Waals surface area contributed by atoms with Gasteiger partial charge in [0.1, 0.15) is 9.57 Å². The van der Waals surface area contributed by atoms with E-state index in [4.69, 9.17) is 17.0 Å². The van der Waals surface area contributed by atoms with Crippen LogP contribution in [0.4, 0.5) is 5.69 Å². The number of allylic oxidation sites excluding steroid dienone is 1. The molecule has 0 bridgehead atoms. The first kappa shape index (κ1) is 16.4. The Morgan fingerprint density at radius 3 is 2.74 bits per heavy atom. The maximum absolute atomic E-state index is 12.7. The molecule has 120 valence electrons. The molecular weight excluding hydrogens is 346 g/mol. The molecule has 1 aliphatic heterocycles. The van der Waals surface area contributed by atoms with Gasteiger partial charge in [-0.25, -0.2) is 0 Å². The van der Waals surface area contributed by atoms with E-state index < -0.39 is 5.54 Å². The largest absolute Gasteiger partial charge is 0.497 e. The minimum absolute atomic E-state index is 0.0288. The summed E-state index contributed by atoms with van der Waals surface area (Å²) in [5.74, 6) is 0.734. The van der Waals surface area contributed by atoms with Crippen LogP contribution >= 0.6 is 32.9 Å². The number of amides is 1. The predicted molar refractivity (Wildman–Crippen MR) is 100 cm³/mol. The summed E-state index contributed by atoms with van der Waals surface area (Å²) in [5.41, 5.74) is 2.48. The molecule has 1 amide bonds. The van der Waals surface area contributed by atoms with E-state index in [9.17, 15) is 4.79 Å². The van der Waals surface area contributed by atoms with Gasteiger partial charge in [-0.05, 0) is 45.0 Å². The molecule has 0 aliphatic carbocycles. The van der Waals surface area contributed by atoms with Crippen LogP contribution in [0.1, 0.15) is 25.6 Å². The Kier molecular flexibility index (Phi) is 4.16. The number of carbonyl (C=O) groups excluding carboxylic acids is 1. The Bertz CT molecular complexity index is 861. The summed E-state index contributed by atoms with van der Waals surface area (Å²) in [7, 11) is 4.88. The van der Waals surface area contributed by atoms with Gasteiger partial charge in [0.25, 0.3) is 5.91 Å². The summed E-state index contributed by atoms with van der Waals surface area (Å²) in [5, 5.41) is 0. The van der Waals surface area contributed by atoms with Crippen LogP contribution in [0.2, 0.25) is 0 Å². The van der Waals surface area contributed by atoms with E-state index in [-0.39, 0.29) is 5.91 Å². The topological polar surface area (TPSA) is 29.5 Å².